The Morgan fingerprint density at radius 3 is 2.41 bits per heavy atom. The quantitative estimate of drug-likeness (QED) is 0.234. The number of aromatic nitrogens is 1. The molecule has 0 aliphatic rings. The van der Waals surface area contributed by atoms with Gasteiger partial charge in [-0.3, -0.25) is 18.9 Å². The third-order valence-corrected chi connectivity index (χ3v) is 8.97. The zero-order valence-electron chi connectivity index (χ0n) is 20.8. The summed E-state index contributed by atoms with van der Waals surface area (Å²) in [5.74, 6) is -0.407. The number of anilines is 1. The molecule has 7 nitrogen and oxygen atoms in total. The first kappa shape index (κ1) is 26.7. The van der Waals surface area contributed by atoms with E-state index >= 15 is 0 Å². The molecule has 4 aromatic carbocycles. The van der Waals surface area contributed by atoms with Crippen LogP contribution >= 0.6 is 22.9 Å². The monoisotopic (exact) mass is 577 g/mol. The Morgan fingerprint density at radius 1 is 0.949 bits per heavy atom. The zero-order chi connectivity index (χ0) is 27.6. The summed E-state index contributed by atoms with van der Waals surface area (Å²) in [5, 5.41) is 3.47. The molecular formula is C29H24ClN3O4S2. The molecule has 0 saturated heterocycles. The number of benzene rings is 4. The number of rotatable bonds is 8. The van der Waals surface area contributed by atoms with Crippen LogP contribution in [0.1, 0.15) is 34.5 Å². The summed E-state index contributed by atoms with van der Waals surface area (Å²) in [6, 6.07) is 27.4. The number of carbonyl (C=O) groups is 1. The molecular weight excluding hydrogens is 554 g/mol. The maximum absolute atomic E-state index is 13.4. The van der Waals surface area contributed by atoms with Crippen molar-refractivity contribution < 1.29 is 13.2 Å². The number of para-hydroxylation sites is 1. The summed E-state index contributed by atoms with van der Waals surface area (Å²) in [6.07, 6.45) is 0. The van der Waals surface area contributed by atoms with E-state index in [4.69, 9.17) is 11.6 Å². The molecule has 1 amide bonds. The molecule has 0 fully saturated rings. The van der Waals surface area contributed by atoms with E-state index in [-0.39, 0.29) is 33.6 Å². The highest BCUT2D eigenvalue weighted by Crippen LogP contribution is 2.26. The van der Waals surface area contributed by atoms with E-state index < -0.39 is 15.9 Å². The van der Waals surface area contributed by atoms with E-state index in [1.54, 1.807) is 34.9 Å². The third-order valence-electron chi connectivity index (χ3n) is 6.30. The molecule has 0 saturated carbocycles. The second-order valence-electron chi connectivity index (χ2n) is 8.93. The van der Waals surface area contributed by atoms with Crippen molar-refractivity contribution in [2.45, 2.75) is 24.4 Å². The van der Waals surface area contributed by atoms with Gasteiger partial charge in [-0.1, -0.05) is 83.6 Å². The van der Waals surface area contributed by atoms with Crippen LogP contribution in [0.25, 0.3) is 10.2 Å². The number of hydrogen-bond donors (Lipinski definition) is 2. The summed E-state index contributed by atoms with van der Waals surface area (Å²) in [7, 11) is -4.07. The Labute approximate surface area is 234 Å². The lowest BCUT2D eigenvalue weighted by Crippen LogP contribution is -2.28. The molecule has 0 aliphatic heterocycles. The number of nitrogens with one attached hydrogen (secondary N) is 2. The lowest BCUT2D eigenvalue weighted by Gasteiger charge is -2.17. The van der Waals surface area contributed by atoms with Crippen LogP contribution in [0, 0.1) is 0 Å². The van der Waals surface area contributed by atoms with Crippen LogP contribution < -0.4 is 14.9 Å². The predicted octanol–water partition coefficient (Wildman–Crippen LogP) is 6.06. The van der Waals surface area contributed by atoms with Crippen LogP contribution in [0.5, 0.6) is 0 Å². The fourth-order valence-electron chi connectivity index (χ4n) is 4.23. The topological polar surface area (TPSA) is 97.3 Å². The molecule has 5 rings (SSSR count). The first-order valence-electron chi connectivity index (χ1n) is 12.1. The van der Waals surface area contributed by atoms with E-state index in [0.717, 1.165) is 22.5 Å². The Kier molecular flexibility index (Phi) is 7.56. The average Bonchev–Trinajstić information content (AvgIpc) is 3.24. The number of carbonyl (C=O) groups excluding carboxylic acids is 1. The van der Waals surface area contributed by atoms with Gasteiger partial charge in [-0.25, -0.2) is 8.42 Å². The van der Waals surface area contributed by atoms with Gasteiger partial charge in [-0.15, -0.1) is 0 Å². The van der Waals surface area contributed by atoms with Crippen molar-refractivity contribution in [2.75, 3.05) is 4.72 Å². The van der Waals surface area contributed by atoms with Gasteiger partial charge in [0.15, 0.2) is 0 Å². The number of halogens is 1. The first-order chi connectivity index (χ1) is 18.7. The highest BCUT2D eigenvalue weighted by molar-refractivity contribution is 7.92. The molecule has 0 unspecified atom stereocenters. The average molecular weight is 578 g/mol. The van der Waals surface area contributed by atoms with Gasteiger partial charge in [0.05, 0.1) is 38.9 Å². The van der Waals surface area contributed by atoms with Gasteiger partial charge in [0.2, 0.25) is 0 Å². The minimum atomic E-state index is -4.07. The van der Waals surface area contributed by atoms with E-state index in [0.29, 0.717) is 15.2 Å². The minimum absolute atomic E-state index is 0.0194. The van der Waals surface area contributed by atoms with Gasteiger partial charge in [-0.2, -0.15) is 0 Å². The van der Waals surface area contributed by atoms with E-state index in [1.165, 1.54) is 18.2 Å². The van der Waals surface area contributed by atoms with E-state index in [2.05, 4.69) is 10.0 Å². The second kappa shape index (κ2) is 11.1. The second-order valence-corrected chi connectivity index (χ2v) is 12.0. The fraction of sp³-hybridized carbons (Fsp3) is 0.103. The van der Waals surface area contributed by atoms with Crippen molar-refractivity contribution in [1.29, 1.82) is 0 Å². The molecule has 39 heavy (non-hydrogen) atoms. The highest BCUT2D eigenvalue weighted by atomic mass is 35.5. The van der Waals surface area contributed by atoms with Crippen LogP contribution in [-0.2, 0) is 16.6 Å². The van der Waals surface area contributed by atoms with Crippen molar-refractivity contribution in [3.63, 3.8) is 0 Å². The highest BCUT2D eigenvalue weighted by Gasteiger charge is 2.21. The van der Waals surface area contributed by atoms with Gasteiger partial charge in [0, 0.05) is 5.02 Å². The number of sulfonamides is 1. The number of amides is 1. The summed E-state index contributed by atoms with van der Waals surface area (Å²) >= 11 is 7.23. The van der Waals surface area contributed by atoms with E-state index in [1.807, 2.05) is 55.5 Å². The third kappa shape index (κ3) is 5.75. The number of fused-ring (bicyclic) bond motifs is 1. The molecule has 0 aliphatic carbocycles. The SMILES string of the molecule is C[C@H](NC(=O)c1ccccc1NS(=O)(=O)c1ccc2c(c1)sc(=O)n2Cc1ccccc1Cl)c1ccccc1. The molecule has 0 radical (unpaired) electrons. The number of nitrogens with zero attached hydrogens (tertiary/aromatic N) is 1. The molecule has 0 spiro atoms. The Morgan fingerprint density at radius 2 is 1.64 bits per heavy atom. The molecule has 1 heterocycles. The summed E-state index contributed by atoms with van der Waals surface area (Å²) in [4.78, 5) is 25.6. The van der Waals surface area contributed by atoms with Gasteiger partial charge in [-0.05, 0) is 54.4 Å². The number of thiazole rings is 1. The Bertz CT molecular complexity index is 1830. The summed E-state index contributed by atoms with van der Waals surface area (Å²) in [5.41, 5.74) is 2.67. The fourth-order valence-corrected chi connectivity index (χ4v) is 6.54. The maximum Gasteiger partial charge on any atom is 0.308 e. The summed E-state index contributed by atoms with van der Waals surface area (Å²) in [6.45, 7) is 2.13. The molecule has 1 aromatic heterocycles. The summed E-state index contributed by atoms with van der Waals surface area (Å²) < 4.78 is 31.3. The van der Waals surface area contributed by atoms with Crippen molar-refractivity contribution in [2.24, 2.45) is 0 Å². The van der Waals surface area contributed by atoms with Crippen molar-refractivity contribution in [3.8, 4) is 0 Å². The predicted molar refractivity (Wildman–Crippen MR) is 156 cm³/mol. The smallest absolute Gasteiger partial charge is 0.308 e. The van der Waals surface area contributed by atoms with Crippen LogP contribution in [0.3, 0.4) is 0 Å². The first-order valence-corrected chi connectivity index (χ1v) is 14.7. The Balaban J connectivity index is 1.40. The van der Waals surface area contributed by atoms with Gasteiger partial charge in [0.1, 0.15) is 0 Å². The zero-order valence-corrected chi connectivity index (χ0v) is 23.2. The van der Waals surface area contributed by atoms with Crippen LogP contribution in [0.2, 0.25) is 5.02 Å². The van der Waals surface area contributed by atoms with Crippen LogP contribution in [-0.4, -0.2) is 18.9 Å². The van der Waals surface area contributed by atoms with Crippen LogP contribution in [0.4, 0.5) is 5.69 Å². The molecule has 10 heteroatoms. The number of hydrogen-bond acceptors (Lipinski definition) is 5. The van der Waals surface area contributed by atoms with E-state index in [9.17, 15) is 18.0 Å². The molecule has 5 aromatic rings. The molecule has 2 N–H and O–H groups in total. The standard InChI is InChI=1S/C29H24ClN3O4S2/c1-19(20-9-3-2-4-10-20)31-28(34)23-12-6-8-14-25(23)32-39(36,37)22-15-16-26-27(17-22)38-29(35)33(26)18-21-11-5-7-13-24(21)30/h2-17,19,32H,18H2,1H3,(H,31,34)/t19-/m0/s1. The van der Waals surface area contributed by atoms with Gasteiger partial charge in [0.25, 0.3) is 15.9 Å². The van der Waals surface area contributed by atoms with Crippen molar-refractivity contribution >= 4 is 54.8 Å². The molecule has 0 bridgehead atoms. The van der Waals surface area contributed by atoms with Crippen LogP contribution in [0.15, 0.2) is 107 Å². The molecule has 198 valence electrons. The lowest BCUT2D eigenvalue weighted by atomic mass is 10.1. The normalized spacial score (nSPS) is 12.3. The molecule has 1 atom stereocenters. The lowest BCUT2D eigenvalue weighted by molar-refractivity contribution is 0.0941. The van der Waals surface area contributed by atoms with Crippen molar-refractivity contribution in [3.05, 3.63) is 128 Å². The minimum Gasteiger partial charge on any atom is -0.345 e. The Hall–Kier alpha value is -3.92. The maximum atomic E-state index is 13.4. The van der Waals surface area contributed by atoms with Crippen molar-refractivity contribution in [1.82, 2.24) is 9.88 Å². The van der Waals surface area contributed by atoms with Gasteiger partial charge < -0.3 is 5.32 Å². The van der Waals surface area contributed by atoms with Gasteiger partial charge >= 0.3 is 4.87 Å². The largest absolute Gasteiger partial charge is 0.345 e.